The fourth-order valence-corrected chi connectivity index (χ4v) is 3.08. The summed E-state index contributed by atoms with van der Waals surface area (Å²) in [4.78, 5) is 0. The average Bonchev–Trinajstić information content (AvgIpc) is 2.72. The van der Waals surface area contributed by atoms with Crippen molar-refractivity contribution >= 4 is 0 Å². The molecule has 2 atom stereocenters. The van der Waals surface area contributed by atoms with Gasteiger partial charge in [-0.05, 0) is 24.3 Å². The van der Waals surface area contributed by atoms with Gasteiger partial charge in [-0.15, -0.1) is 0 Å². The van der Waals surface area contributed by atoms with Gasteiger partial charge in [-0.3, -0.25) is 5.43 Å². The average molecular weight is 216 g/mol. The summed E-state index contributed by atoms with van der Waals surface area (Å²) in [5.41, 5.74) is 5.09. The molecule has 0 unspecified atom stereocenters. The first kappa shape index (κ1) is 10.3. The zero-order valence-corrected chi connectivity index (χ0v) is 9.73. The maximum Gasteiger partial charge on any atom is 0.0381 e. The molecule has 0 spiro atoms. The summed E-state index contributed by atoms with van der Waals surface area (Å²) in [5.74, 6) is 0.900. The van der Waals surface area contributed by atoms with E-state index in [4.69, 9.17) is 0 Å². The molecule has 2 heteroatoms. The maximum atomic E-state index is 3.67. The summed E-state index contributed by atoms with van der Waals surface area (Å²) in [6, 6.07) is 11.5. The second-order valence-corrected chi connectivity index (χ2v) is 5.15. The van der Waals surface area contributed by atoms with Gasteiger partial charge in [-0.25, -0.2) is 5.01 Å². The number of nitrogens with zero attached hydrogens (tertiary/aromatic N) is 1. The molecule has 1 N–H and O–H groups in total. The van der Waals surface area contributed by atoms with Crippen molar-refractivity contribution in [2.45, 2.75) is 38.3 Å². The summed E-state index contributed by atoms with van der Waals surface area (Å²) in [7, 11) is 0. The minimum atomic E-state index is 0.762. The van der Waals surface area contributed by atoms with Crippen LogP contribution in [0, 0.1) is 5.92 Å². The van der Waals surface area contributed by atoms with Crippen molar-refractivity contribution < 1.29 is 0 Å². The Labute approximate surface area is 97.6 Å². The third kappa shape index (κ3) is 2.13. The van der Waals surface area contributed by atoms with Gasteiger partial charge in [-0.1, -0.05) is 43.2 Å². The van der Waals surface area contributed by atoms with E-state index in [0.717, 1.165) is 18.5 Å². The predicted molar refractivity (Wildman–Crippen MR) is 65.7 cm³/mol. The van der Waals surface area contributed by atoms with Gasteiger partial charge in [0.1, 0.15) is 0 Å². The molecular weight excluding hydrogens is 196 g/mol. The minimum Gasteiger partial charge on any atom is -0.251 e. The van der Waals surface area contributed by atoms with Crippen LogP contribution in [0.4, 0.5) is 0 Å². The second kappa shape index (κ2) is 4.56. The van der Waals surface area contributed by atoms with E-state index in [1.165, 1.54) is 37.8 Å². The van der Waals surface area contributed by atoms with E-state index in [9.17, 15) is 0 Å². The van der Waals surface area contributed by atoms with Crippen molar-refractivity contribution in [2.24, 2.45) is 5.92 Å². The summed E-state index contributed by atoms with van der Waals surface area (Å²) >= 11 is 0. The number of fused-ring (bicyclic) bond motifs is 1. The Morgan fingerprint density at radius 2 is 1.94 bits per heavy atom. The summed E-state index contributed by atoms with van der Waals surface area (Å²) in [6.45, 7) is 2.29. The van der Waals surface area contributed by atoms with E-state index in [1.807, 2.05) is 0 Å². The molecule has 1 aromatic rings. The van der Waals surface area contributed by atoms with E-state index in [2.05, 4.69) is 40.8 Å². The van der Waals surface area contributed by atoms with Crippen LogP contribution >= 0.6 is 0 Å². The van der Waals surface area contributed by atoms with E-state index >= 15 is 0 Å². The van der Waals surface area contributed by atoms with Gasteiger partial charge < -0.3 is 0 Å². The molecule has 16 heavy (non-hydrogen) atoms. The Morgan fingerprint density at radius 1 is 1.12 bits per heavy atom. The molecule has 1 saturated heterocycles. The molecule has 1 aromatic carbocycles. The highest BCUT2D eigenvalue weighted by molar-refractivity contribution is 5.14. The summed E-state index contributed by atoms with van der Waals surface area (Å²) < 4.78 is 0. The molecule has 0 aromatic heterocycles. The highest BCUT2D eigenvalue weighted by atomic mass is 15.5. The van der Waals surface area contributed by atoms with Crippen LogP contribution in [0.15, 0.2) is 30.3 Å². The molecule has 1 aliphatic heterocycles. The van der Waals surface area contributed by atoms with E-state index in [1.54, 1.807) is 0 Å². The Morgan fingerprint density at radius 3 is 2.75 bits per heavy atom. The molecule has 2 aliphatic rings. The van der Waals surface area contributed by atoms with Crippen molar-refractivity contribution in [1.82, 2.24) is 10.4 Å². The SMILES string of the molecule is c1ccc(CN2C[C@H]3CCCC[C@@H]3N2)cc1. The van der Waals surface area contributed by atoms with Gasteiger partial charge in [0.25, 0.3) is 0 Å². The van der Waals surface area contributed by atoms with Gasteiger partial charge >= 0.3 is 0 Å². The van der Waals surface area contributed by atoms with Gasteiger partial charge in [-0.2, -0.15) is 0 Å². The lowest BCUT2D eigenvalue weighted by atomic mass is 9.86. The first-order valence-corrected chi connectivity index (χ1v) is 6.47. The lowest BCUT2D eigenvalue weighted by molar-refractivity contribution is 0.223. The molecular formula is C14H20N2. The van der Waals surface area contributed by atoms with Gasteiger partial charge in [0.15, 0.2) is 0 Å². The van der Waals surface area contributed by atoms with Gasteiger partial charge in [0.05, 0.1) is 0 Å². The second-order valence-electron chi connectivity index (χ2n) is 5.15. The standard InChI is InChI=1S/C14H20N2/c1-2-6-12(7-3-1)10-16-11-13-8-4-5-9-14(13)15-16/h1-3,6-7,13-15H,4-5,8-11H2/t13-,14+/m1/s1. The molecule has 0 radical (unpaired) electrons. The molecule has 1 aliphatic carbocycles. The van der Waals surface area contributed by atoms with Crippen molar-refractivity contribution in [3.63, 3.8) is 0 Å². The summed E-state index contributed by atoms with van der Waals surface area (Å²) in [5, 5.41) is 2.41. The number of hydrogen-bond acceptors (Lipinski definition) is 2. The molecule has 2 nitrogen and oxygen atoms in total. The normalized spacial score (nSPS) is 30.2. The Kier molecular flexibility index (Phi) is 2.94. The molecule has 0 amide bonds. The van der Waals surface area contributed by atoms with E-state index in [0.29, 0.717) is 0 Å². The van der Waals surface area contributed by atoms with Crippen LogP contribution in [0.25, 0.3) is 0 Å². The highest BCUT2D eigenvalue weighted by Crippen LogP contribution is 2.29. The van der Waals surface area contributed by atoms with Crippen molar-refractivity contribution in [3.8, 4) is 0 Å². The van der Waals surface area contributed by atoms with Crippen molar-refractivity contribution in [2.75, 3.05) is 6.54 Å². The molecule has 86 valence electrons. The molecule has 1 heterocycles. The van der Waals surface area contributed by atoms with E-state index in [-0.39, 0.29) is 0 Å². The Balaban J connectivity index is 1.61. The first-order chi connectivity index (χ1) is 7.92. The fraction of sp³-hybridized carbons (Fsp3) is 0.571. The topological polar surface area (TPSA) is 15.3 Å². The zero-order valence-electron chi connectivity index (χ0n) is 9.73. The zero-order chi connectivity index (χ0) is 10.8. The molecule has 0 bridgehead atoms. The minimum absolute atomic E-state index is 0.762. The van der Waals surface area contributed by atoms with Crippen LogP contribution in [-0.2, 0) is 6.54 Å². The number of rotatable bonds is 2. The first-order valence-electron chi connectivity index (χ1n) is 6.47. The lowest BCUT2D eigenvalue weighted by Crippen LogP contribution is -2.36. The highest BCUT2D eigenvalue weighted by Gasteiger charge is 2.33. The van der Waals surface area contributed by atoms with Crippen molar-refractivity contribution in [3.05, 3.63) is 35.9 Å². The number of hydrogen-bond donors (Lipinski definition) is 1. The van der Waals surface area contributed by atoms with E-state index < -0.39 is 0 Å². The van der Waals surface area contributed by atoms with Crippen LogP contribution < -0.4 is 5.43 Å². The Hall–Kier alpha value is -0.860. The Bertz CT molecular complexity index is 322. The van der Waals surface area contributed by atoms with Crippen LogP contribution in [0.2, 0.25) is 0 Å². The van der Waals surface area contributed by atoms with Gasteiger partial charge in [0, 0.05) is 19.1 Å². The smallest absolute Gasteiger partial charge is 0.0381 e. The molecule has 2 fully saturated rings. The number of nitrogens with one attached hydrogen (secondary N) is 1. The number of hydrazine groups is 1. The number of benzene rings is 1. The van der Waals surface area contributed by atoms with Crippen LogP contribution in [-0.4, -0.2) is 17.6 Å². The van der Waals surface area contributed by atoms with Crippen molar-refractivity contribution in [1.29, 1.82) is 0 Å². The predicted octanol–water partition coefficient (Wildman–Crippen LogP) is 2.57. The maximum absolute atomic E-state index is 3.67. The lowest BCUT2D eigenvalue weighted by Gasteiger charge is -2.23. The molecule has 3 rings (SSSR count). The summed E-state index contributed by atoms with van der Waals surface area (Å²) in [6.07, 6.45) is 5.63. The third-order valence-corrected chi connectivity index (χ3v) is 3.93. The quantitative estimate of drug-likeness (QED) is 0.817. The third-order valence-electron chi connectivity index (χ3n) is 3.93. The van der Waals surface area contributed by atoms with Gasteiger partial charge in [0.2, 0.25) is 0 Å². The monoisotopic (exact) mass is 216 g/mol. The fourth-order valence-electron chi connectivity index (χ4n) is 3.08. The van der Waals surface area contributed by atoms with Crippen LogP contribution in [0.5, 0.6) is 0 Å². The van der Waals surface area contributed by atoms with Crippen LogP contribution in [0.1, 0.15) is 31.2 Å². The van der Waals surface area contributed by atoms with Crippen LogP contribution in [0.3, 0.4) is 0 Å². The molecule has 1 saturated carbocycles. The largest absolute Gasteiger partial charge is 0.251 e.